The van der Waals surface area contributed by atoms with E-state index in [0.717, 1.165) is 25.8 Å². The maximum Gasteiger partial charge on any atom is 0.420 e. The van der Waals surface area contributed by atoms with E-state index in [-0.39, 0.29) is 12.6 Å². The number of nitrogens with one attached hydrogen (secondary N) is 2. The number of carbonyl (C=O) groups excluding carboxylic acids is 2. The molecule has 2 rings (SSSR count). The first-order valence-electron chi connectivity index (χ1n) is 6.20. The first-order chi connectivity index (χ1) is 8.75. The van der Waals surface area contributed by atoms with Crippen molar-refractivity contribution >= 4 is 11.9 Å². The zero-order valence-electron chi connectivity index (χ0n) is 10.5. The molecule has 2 saturated heterocycles. The summed E-state index contributed by atoms with van der Waals surface area (Å²) in [5, 5.41) is 4.84. The number of carbonyl (C=O) groups is 2. The van der Waals surface area contributed by atoms with Crippen molar-refractivity contribution in [1.82, 2.24) is 15.5 Å². The van der Waals surface area contributed by atoms with E-state index < -0.39 is 23.7 Å². The van der Waals surface area contributed by atoms with Gasteiger partial charge in [0.15, 0.2) is 0 Å². The topological polar surface area (TPSA) is 61.4 Å². The van der Waals surface area contributed by atoms with Crippen molar-refractivity contribution in [2.45, 2.75) is 43.9 Å². The van der Waals surface area contributed by atoms with Gasteiger partial charge in [-0.3, -0.25) is 9.69 Å². The predicted octanol–water partition coefficient (Wildman–Crippen LogP) is 1.00. The van der Waals surface area contributed by atoms with Crippen LogP contribution in [0.3, 0.4) is 0 Å². The number of halogens is 3. The number of imide groups is 1. The van der Waals surface area contributed by atoms with Crippen LogP contribution in [0, 0.1) is 0 Å². The molecule has 2 atom stereocenters. The van der Waals surface area contributed by atoms with E-state index in [2.05, 4.69) is 5.32 Å². The van der Waals surface area contributed by atoms with Crippen molar-refractivity contribution in [2.24, 2.45) is 0 Å². The minimum Gasteiger partial charge on any atom is -0.316 e. The van der Waals surface area contributed by atoms with E-state index in [1.165, 1.54) is 0 Å². The van der Waals surface area contributed by atoms with Gasteiger partial charge in [-0.25, -0.2) is 4.79 Å². The molecule has 0 saturated carbocycles. The van der Waals surface area contributed by atoms with Crippen molar-refractivity contribution in [3.63, 3.8) is 0 Å². The first-order valence-corrected chi connectivity index (χ1v) is 6.20. The number of nitrogens with zero attached hydrogens (tertiary/aromatic N) is 1. The minimum absolute atomic E-state index is 0.0175. The van der Waals surface area contributed by atoms with Gasteiger partial charge in [-0.1, -0.05) is 6.42 Å². The van der Waals surface area contributed by atoms with Crippen LogP contribution in [0.15, 0.2) is 0 Å². The molecular weight excluding hydrogens is 263 g/mol. The zero-order valence-corrected chi connectivity index (χ0v) is 10.5. The van der Waals surface area contributed by atoms with Crippen LogP contribution in [-0.4, -0.2) is 47.7 Å². The molecule has 0 aliphatic carbocycles. The van der Waals surface area contributed by atoms with Gasteiger partial charge in [-0.2, -0.15) is 13.2 Å². The number of urea groups is 1. The van der Waals surface area contributed by atoms with Crippen LogP contribution < -0.4 is 10.6 Å². The molecule has 2 aliphatic rings. The average Bonchev–Trinajstić information content (AvgIpc) is 2.55. The SMILES string of the molecule is CC1(C(F)(F)F)NC(=O)N(CC2CCCCN2)C1=O. The fourth-order valence-corrected chi connectivity index (χ4v) is 2.36. The highest BCUT2D eigenvalue weighted by Gasteiger charge is 2.64. The lowest BCUT2D eigenvalue weighted by Crippen LogP contribution is -2.56. The van der Waals surface area contributed by atoms with E-state index in [1.54, 1.807) is 5.32 Å². The van der Waals surface area contributed by atoms with Gasteiger partial charge in [0.05, 0.1) is 0 Å². The van der Waals surface area contributed by atoms with E-state index in [4.69, 9.17) is 0 Å². The summed E-state index contributed by atoms with van der Waals surface area (Å²) in [6.45, 7) is 1.43. The summed E-state index contributed by atoms with van der Waals surface area (Å²) in [5.74, 6) is -1.22. The van der Waals surface area contributed by atoms with Crippen molar-refractivity contribution < 1.29 is 22.8 Å². The predicted molar refractivity (Wildman–Crippen MR) is 60.3 cm³/mol. The second-order valence-electron chi connectivity index (χ2n) is 5.12. The zero-order chi connectivity index (χ0) is 14.3. The molecule has 2 fully saturated rings. The highest BCUT2D eigenvalue weighted by Crippen LogP contribution is 2.35. The number of amides is 3. The molecule has 0 bridgehead atoms. The maximum atomic E-state index is 12.8. The van der Waals surface area contributed by atoms with Crippen LogP contribution in [0.25, 0.3) is 0 Å². The van der Waals surface area contributed by atoms with Crippen molar-refractivity contribution in [3.8, 4) is 0 Å². The number of alkyl halides is 3. The number of piperidine rings is 1. The second kappa shape index (κ2) is 4.66. The van der Waals surface area contributed by atoms with Gasteiger partial charge >= 0.3 is 12.2 Å². The highest BCUT2D eigenvalue weighted by molar-refractivity contribution is 6.07. The van der Waals surface area contributed by atoms with E-state index in [0.29, 0.717) is 11.8 Å². The van der Waals surface area contributed by atoms with Gasteiger partial charge in [0.25, 0.3) is 5.91 Å². The quantitative estimate of drug-likeness (QED) is 0.741. The van der Waals surface area contributed by atoms with E-state index in [9.17, 15) is 22.8 Å². The van der Waals surface area contributed by atoms with Gasteiger partial charge in [-0.15, -0.1) is 0 Å². The Labute approximate surface area is 108 Å². The third kappa shape index (κ3) is 2.41. The molecule has 2 heterocycles. The lowest BCUT2D eigenvalue weighted by molar-refractivity contribution is -0.191. The monoisotopic (exact) mass is 279 g/mol. The third-order valence-electron chi connectivity index (χ3n) is 3.66. The van der Waals surface area contributed by atoms with Gasteiger partial charge in [-0.05, 0) is 26.3 Å². The molecule has 0 spiro atoms. The molecule has 2 unspecified atom stereocenters. The van der Waals surface area contributed by atoms with Gasteiger partial charge in [0.2, 0.25) is 5.54 Å². The summed E-state index contributed by atoms with van der Waals surface area (Å²) in [6.07, 6.45) is -2.11. The van der Waals surface area contributed by atoms with Gasteiger partial charge in [0.1, 0.15) is 0 Å². The van der Waals surface area contributed by atoms with Crippen LogP contribution in [0.5, 0.6) is 0 Å². The summed E-state index contributed by atoms with van der Waals surface area (Å²) >= 11 is 0. The Hall–Kier alpha value is -1.31. The van der Waals surface area contributed by atoms with Crippen LogP contribution in [0.1, 0.15) is 26.2 Å². The molecule has 2 aliphatic heterocycles. The number of rotatable bonds is 2. The molecule has 0 radical (unpaired) electrons. The van der Waals surface area contributed by atoms with Crippen LogP contribution >= 0.6 is 0 Å². The average molecular weight is 279 g/mol. The molecular formula is C11H16F3N3O2. The maximum absolute atomic E-state index is 12.8. The Balaban J connectivity index is 2.10. The van der Waals surface area contributed by atoms with Gasteiger partial charge in [0, 0.05) is 12.6 Å². The molecule has 2 N–H and O–H groups in total. The smallest absolute Gasteiger partial charge is 0.316 e. The molecule has 0 aromatic heterocycles. The minimum atomic E-state index is -4.80. The van der Waals surface area contributed by atoms with Crippen molar-refractivity contribution in [3.05, 3.63) is 0 Å². The highest BCUT2D eigenvalue weighted by atomic mass is 19.4. The van der Waals surface area contributed by atoms with Crippen LogP contribution in [-0.2, 0) is 4.79 Å². The first kappa shape index (κ1) is 14.1. The van der Waals surface area contributed by atoms with Crippen LogP contribution in [0.4, 0.5) is 18.0 Å². The summed E-state index contributed by atoms with van der Waals surface area (Å²) in [4.78, 5) is 24.1. The van der Waals surface area contributed by atoms with Gasteiger partial charge < -0.3 is 10.6 Å². The third-order valence-corrected chi connectivity index (χ3v) is 3.66. The standard InChI is InChI=1S/C11H16F3N3O2/c1-10(11(12,13)14)8(18)17(9(19)16-10)6-7-4-2-3-5-15-7/h7,15H,2-6H2,1H3,(H,16,19). The largest absolute Gasteiger partial charge is 0.420 e. The molecule has 19 heavy (non-hydrogen) atoms. The number of hydrogen-bond acceptors (Lipinski definition) is 3. The molecule has 0 aromatic carbocycles. The van der Waals surface area contributed by atoms with E-state index >= 15 is 0 Å². The van der Waals surface area contributed by atoms with Crippen molar-refractivity contribution in [2.75, 3.05) is 13.1 Å². The lowest BCUT2D eigenvalue weighted by Gasteiger charge is -2.28. The summed E-state index contributed by atoms with van der Waals surface area (Å²) < 4.78 is 38.5. The molecule has 3 amide bonds. The lowest BCUT2D eigenvalue weighted by atomic mass is 10.0. The Morgan fingerprint density at radius 1 is 1.37 bits per heavy atom. The molecule has 108 valence electrons. The van der Waals surface area contributed by atoms with Crippen LogP contribution in [0.2, 0.25) is 0 Å². The fraction of sp³-hybridized carbons (Fsp3) is 0.818. The van der Waals surface area contributed by atoms with Crippen molar-refractivity contribution in [1.29, 1.82) is 0 Å². The normalized spacial score (nSPS) is 32.6. The Kier molecular flexibility index (Phi) is 3.46. The Morgan fingerprint density at radius 3 is 2.53 bits per heavy atom. The molecule has 5 nitrogen and oxygen atoms in total. The number of hydrogen-bond donors (Lipinski definition) is 2. The Bertz CT molecular complexity index is 393. The molecule has 8 heteroatoms. The van der Waals surface area contributed by atoms with E-state index in [1.807, 2.05) is 0 Å². The molecule has 0 aromatic rings. The summed E-state index contributed by atoms with van der Waals surface area (Å²) in [5.41, 5.74) is -2.81. The Morgan fingerprint density at radius 2 is 2.05 bits per heavy atom. The summed E-state index contributed by atoms with van der Waals surface area (Å²) in [6, 6.07) is -1.10. The summed E-state index contributed by atoms with van der Waals surface area (Å²) in [7, 11) is 0. The fourth-order valence-electron chi connectivity index (χ4n) is 2.36. The second-order valence-corrected chi connectivity index (χ2v) is 5.12.